The van der Waals surface area contributed by atoms with Gasteiger partial charge < -0.3 is 15.2 Å². The molecule has 0 radical (unpaired) electrons. The second-order valence-electron chi connectivity index (χ2n) is 4.71. The molecule has 2 N–H and O–H groups in total. The van der Waals surface area contributed by atoms with Crippen LogP contribution >= 0.6 is 0 Å². The molecule has 82 valence electrons. The zero-order chi connectivity index (χ0) is 9.97. The Hall–Kier alpha value is -0.120. The van der Waals surface area contributed by atoms with Crippen molar-refractivity contribution < 1.29 is 9.84 Å². The lowest BCUT2D eigenvalue weighted by Crippen LogP contribution is -2.40. The Labute approximate surface area is 85.8 Å². The van der Waals surface area contributed by atoms with Crippen molar-refractivity contribution in [1.29, 1.82) is 0 Å². The standard InChI is InChI=1S/C11H21NO2/c1-14-7-10(8-2-3-8)12-6-11(13)9-4-5-9/h8-13H,2-7H2,1H3. The summed E-state index contributed by atoms with van der Waals surface area (Å²) < 4.78 is 5.17. The Morgan fingerprint density at radius 2 is 1.93 bits per heavy atom. The highest BCUT2D eigenvalue weighted by Gasteiger charge is 2.33. The average molecular weight is 199 g/mol. The number of nitrogens with one attached hydrogen (secondary N) is 1. The van der Waals surface area contributed by atoms with E-state index in [-0.39, 0.29) is 6.10 Å². The molecule has 0 bridgehead atoms. The van der Waals surface area contributed by atoms with Crippen LogP contribution in [0.4, 0.5) is 0 Å². The summed E-state index contributed by atoms with van der Waals surface area (Å²) in [5.41, 5.74) is 0. The van der Waals surface area contributed by atoms with Gasteiger partial charge in [0.1, 0.15) is 0 Å². The van der Waals surface area contributed by atoms with Gasteiger partial charge in [-0.15, -0.1) is 0 Å². The highest BCUT2D eigenvalue weighted by molar-refractivity contribution is 4.89. The molecule has 0 aliphatic heterocycles. The van der Waals surface area contributed by atoms with Gasteiger partial charge in [0.25, 0.3) is 0 Å². The van der Waals surface area contributed by atoms with Gasteiger partial charge in [0.05, 0.1) is 12.7 Å². The summed E-state index contributed by atoms with van der Waals surface area (Å²) in [5, 5.41) is 13.1. The molecule has 2 aliphatic rings. The van der Waals surface area contributed by atoms with Gasteiger partial charge >= 0.3 is 0 Å². The molecule has 2 unspecified atom stereocenters. The van der Waals surface area contributed by atoms with E-state index < -0.39 is 0 Å². The molecule has 0 aromatic rings. The second-order valence-corrected chi connectivity index (χ2v) is 4.71. The molecular formula is C11H21NO2. The number of aliphatic hydroxyl groups excluding tert-OH is 1. The zero-order valence-electron chi connectivity index (χ0n) is 8.91. The number of hydrogen-bond donors (Lipinski definition) is 2. The summed E-state index contributed by atoms with van der Waals surface area (Å²) >= 11 is 0. The number of methoxy groups -OCH3 is 1. The molecule has 3 heteroatoms. The average Bonchev–Trinajstić information content (AvgIpc) is 3.05. The quantitative estimate of drug-likeness (QED) is 0.636. The van der Waals surface area contributed by atoms with Crippen LogP contribution in [0, 0.1) is 11.8 Å². The van der Waals surface area contributed by atoms with E-state index in [0.717, 1.165) is 19.1 Å². The van der Waals surface area contributed by atoms with E-state index in [1.54, 1.807) is 7.11 Å². The van der Waals surface area contributed by atoms with Gasteiger partial charge in [-0.2, -0.15) is 0 Å². The summed E-state index contributed by atoms with van der Waals surface area (Å²) in [6.07, 6.45) is 4.93. The Kier molecular flexibility index (Phi) is 3.42. The van der Waals surface area contributed by atoms with Crippen LogP contribution < -0.4 is 5.32 Å². The van der Waals surface area contributed by atoms with E-state index in [0.29, 0.717) is 12.0 Å². The summed E-state index contributed by atoms with van der Waals surface area (Å²) in [7, 11) is 1.74. The lowest BCUT2D eigenvalue weighted by molar-refractivity contribution is 0.120. The second kappa shape index (κ2) is 4.60. The van der Waals surface area contributed by atoms with Crippen molar-refractivity contribution in [2.24, 2.45) is 11.8 Å². The van der Waals surface area contributed by atoms with Gasteiger partial charge in [-0.1, -0.05) is 0 Å². The molecular weight excluding hydrogens is 178 g/mol. The number of ether oxygens (including phenoxy) is 1. The molecule has 0 spiro atoms. The Balaban J connectivity index is 1.64. The van der Waals surface area contributed by atoms with Crippen LogP contribution in [-0.4, -0.2) is 37.5 Å². The SMILES string of the molecule is COCC(NCC(O)C1CC1)C1CC1. The molecule has 0 aromatic carbocycles. The third-order valence-corrected chi connectivity index (χ3v) is 3.29. The van der Waals surface area contributed by atoms with Crippen molar-refractivity contribution in [1.82, 2.24) is 5.32 Å². The number of hydrogen-bond acceptors (Lipinski definition) is 3. The zero-order valence-corrected chi connectivity index (χ0v) is 8.91. The smallest absolute Gasteiger partial charge is 0.0692 e. The van der Waals surface area contributed by atoms with Gasteiger partial charge in [-0.3, -0.25) is 0 Å². The minimum absolute atomic E-state index is 0.131. The highest BCUT2D eigenvalue weighted by Crippen LogP contribution is 2.34. The first-order valence-electron chi connectivity index (χ1n) is 5.71. The van der Waals surface area contributed by atoms with Crippen LogP contribution in [0.2, 0.25) is 0 Å². The monoisotopic (exact) mass is 199 g/mol. The van der Waals surface area contributed by atoms with Crippen LogP contribution in [0.5, 0.6) is 0 Å². The Morgan fingerprint density at radius 3 is 2.43 bits per heavy atom. The maximum atomic E-state index is 9.70. The molecule has 2 fully saturated rings. The van der Waals surface area contributed by atoms with Gasteiger partial charge in [0.2, 0.25) is 0 Å². The van der Waals surface area contributed by atoms with Crippen molar-refractivity contribution in [2.75, 3.05) is 20.3 Å². The summed E-state index contributed by atoms with van der Waals surface area (Å²) in [6, 6.07) is 0.466. The minimum Gasteiger partial charge on any atom is -0.392 e. The van der Waals surface area contributed by atoms with Crippen molar-refractivity contribution in [3.63, 3.8) is 0 Å². The van der Waals surface area contributed by atoms with Gasteiger partial charge in [0, 0.05) is 19.7 Å². The molecule has 2 rings (SSSR count). The first-order valence-corrected chi connectivity index (χ1v) is 5.71. The van der Waals surface area contributed by atoms with Crippen LogP contribution in [-0.2, 0) is 4.74 Å². The van der Waals surface area contributed by atoms with Gasteiger partial charge in [-0.05, 0) is 37.5 Å². The van der Waals surface area contributed by atoms with E-state index in [9.17, 15) is 5.11 Å². The van der Waals surface area contributed by atoms with Gasteiger partial charge in [-0.25, -0.2) is 0 Å². The molecule has 14 heavy (non-hydrogen) atoms. The van der Waals surface area contributed by atoms with Crippen molar-refractivity contribution in [3.05, 3.63) is 0 Å². The molecule has 2 aliphatic carbocycles. The van der Waals surface area contributed by atoms with E-state index in [4.69, 9.17) is 4.74 Å². The molecule has 0 heterocycles. The fraction of sp³-hybridized carbons (Fsp3) is 1.00. The summed E-state index contributed by atoms with van der Waals surface area (Å²) in [4.78, 5) is 0. The lowest BCUT2D eigenvalue weighted by Gasteiger charge is -2.19. The van der Waals surface area contributed by atoms with Crippen molar-refractivity contribution in [3.8, 4) is 0 Å². The predicted molar refractivity (Wildman–Crippen MR) is 55.1 cm³/mol. The van der Waals surface area contributed by atoms with E-state index in [1.165, 1.54) is 25.7 Å². The van der Waals surface area contributed by atoms with E-state index >= 15 is 0 Å². The molecule has 2 saturated carbocycles. The molecule has 3 nitrogen and oxygen atoms in total. The van der Waals surface area contributed by atoms with Crippen LogP contribution in [0.25, 0.3) is 0 Å². The summed E-state index contributed by atoms with van der Waals surface area (Å²) in [6.45, 7) is 1.53. The molecule has 0 amide bonds. The first-order chi connectivity index (χ1) is 6.81. The van der Waals surface area contributed by atoms with Crippen molar-refractivity contribution >= 4 is 0 Å². The minimum atomic E-state index is -0.131. The fourth-order valence-electron chi connectivity index (χ4n) is 1.96. The summed E-state index contributed by atoms with van der Waals surface area (Å²) in [5.74, 6) is 1.37. The Bertz CT molecular complexity index is 178. The molecule has 0 saturated heterocycles. The first kappa shape index (κ1) is 10.4. The third-order valence-electron chi connectivity index (χ3n) is 3.29. The number of rotatable bonds is 7. The van der Waals surface area contributed by atoms with Crippen molar-refractivity contribution in [2.45, 2.75) is 37.8 Å². The maximum Gasteiger partial charge on any atom is 0.0692 e. The maximum absolute atomic E-state index is 9.70. The predicted octanol–water partition coefficient (Wildman–Crippen LogP) is 0.772. The van der Waals surface area contributed by atoms with Crippen LogP contribution in [0.1, 0.15) is 25.7 Å². The largest absolute Gasteiger partial charge is 0.392 e. The third kappa shape index (κ3) is 2.94. The van der Waals surface area contributed by atoms with Crippen LogP contribution in [0.15, 0.2) is 0 Å². The Morgan fingerprint density at radius 1 is 1.29 bits per heavy atom. The topological polar surface area (TPSA) is 41.5 Å². The highest BCUT2D eigenvalue weighted by atomic mass is 16.5. The van der Waals surface area contributed by atoms with Gasteiger partial charge in [0.15, 0.2) is 0 Å². The lowest BCUT2D eigenvalue weighted by atomic mass is 10.1. The van der Waals surface area contributed by atoms with E-state index in [2.05, 4.69) is 5.32 Å². The van der Waals surface area contributed by atoms with Crippen LogP contribution in [0.3, 0.4) is 0 Å². The normalized spacial score (nSPS) is 26.1. The fourth-order valence-corrected chi connectivity index (χ4v) is 1.96. The molecule has 2 atom stereocenters. The van der Waals surface area contributed by atoms with E-state index in [1.807, 2.05) is 0 Å². The number of aliphatic hydroxyl groups is 1. The molecule has 0 aromatic heterocycles.